The summed E-state index contributed by atoms with van der Waals surface area (Å²) in [5, 5.41) is 8.73. The minimum atomic E-state index is 0.715. The van der Waals surface area contributed by atoms with Crippen LogP contribution in [0.1, 0.15) is 64.0 Å². The molecule has 1 aromatic carbocycles. The Kier molecular flexibility index (Phi) is 9.84. The molecule has 2 heterocycles. The first-order valence-corrected chi connectivity index (χ1v) is 12.0. The molecule has 31 heavy (non-hydrogen) atoms. The predicted molar refractivity (Wildman–Crippen MR) is 132 cm³/mol. The molecule has 0 aliphatic heterocycles. The quantitative estimate of drug-likeness (QED) is 0.268. The monoisotopic (exact) mass is 439 g/mol. The van der Waals surface area contributed by atoms with Crippen LogP contribution in [0, 0.1) is 0 Å². The van der Waals surface area contributed by atoms with Crippen LogP contribution in [0.15, 0.2) is 42.7 Å². The van der Waals surface area contributed by atoms with Crippen LogP contribution in [0.2, 0.25) is 5.02 Å². The molecule has 0 aliphatic rings. The third-order valence-corrected chi connectivity index (χ3v) is 5.64. The fourth-order valence-corrected chi connectivity index (χ4v) is 3.82. The second kappa shape index (κ2) is 13.1. The van der Waals surface area contributed by atoms with E-state index in [-0.39, 0.29) is 0 Å². The van der Waals surface area contributed by atoms with Gasteiger partial charge in [0.2, 0.25) is 5.95 Å². The predicted octanol–water partition coefficient (Wildman–Crippen LogP) is 6.89. The van der Waals surface area contributed by atoms with Gasteiger partial charge in [-0.05, 0) is 56.0 Å². The number of nitrogens with zero attached hydrogens (tertiary/aromatic N) is 3. The average Bonchev–Trinajstić information content (AvgIpc) is 2.78. The second-order valence-electron chi connectivity index (χ2n) is 7.97. The Morgan fingerprint density at radius 2 is 1.58 bits per heavy atom. The third-order valence-electron chi connectivity index (χ3n) is 5.41. The van der Waals surface area contributed by atoms with Gasteiger partial charge in [0, 0.05) is 47.3 Å². The van der Waals surface area contributed by atoms with Crippen LogP contribution in [-0.2, 0) is 6.42 Å². The first-order chi connectivity index (χ1) is 15.3. The van der Waals surface area contributed by atoms with Crippen LogP contribution < -0.4 is 10.6 Å². The minimum Gasteiger partial charge on any atom is -0.384 e. The molecular formula is C25H34ClN5. The van der Waals surface area contributed by atoms with E-state index in [1.54, 1.807) is 0 Å². The van der Waals surface area contributed by atoms with Crippen molar-refractivity contribution in [3.63, 3.8) is 0 Å². The van der Waals surface area contributed by atoms with E-state index >= 15 is 0 Å². The van der Waals surface area contributed by atoms with Gasteiger partial charge in [-0.3, -0.25) is 4.98 Å². The molecule has 0 unspecified atom stereocenters. The number of hydrogen-bond acceptors (Lipinski definition) is 5. The molecule has 0 saturated heterocycles. The highest BCUT2D eigenvalue weighted by Crippen LogP contribution is 2.24. The molecule has 0 spiro atoms. The second-order valence-corrected chi connectivity index (χ2v) is 8.41. The number of nitrogens with one attached hydrogen (secondary N) is 2. The molecule has 0 radical (unpaired) electrons. The summed E-state index contributed by atoms with van der Waals surface area (Å²) >= 11 is 6.07. The van der Waals surface area contributed by atoms with Gasteiger partial charge in [0.05, 0.1) is 5.52 Å². The normalized spacial score (nSPS) is 11.0. The lowest BCUT2D eigenvalue weighted by atomic mass is 10.1. The number of unbranched alkanes of at least 4 members (excludes halogenated alkanes) is 6. The van der Waals surface area contributed by atoms with E-state index in [4.69, 9.17) is 11.6 Å². The van der Waals surface area contributed by atoms with E-state index in [0.717, 1.165) is 67.0 Å². The Bertz CT molecular complexity index is 931. The van der Waals surface area contributed by atoms with E-state index < -0.39 is 0 Å². The van der Waals surface area contributed by atoms with E-state index in [1.165, 1.54) is 32.1 Å². The zero-order valence-corrected chi connectivity index (χ0v) is 19.3. The lowest BCUT2D eigenvalue weighted by Gasteiger charge is -2.10. The number of aryl methyl sites for hydroxylation is 1. The lowest BCUT2D eigenvalue weighted by Crippen LogP contribution is -2.07. The fraction of sp³-hybridized carbons (Fsp3) is 0.480. The lowest BCUT2D eigenvalue weighted by molar-refractivity contribution is 0.643. The van der Waals surface area contributed by atoms with E-state index in [2.05, 4.69) is 32.5 Å². The molecule has 2 N–H and O–H groups in total. The molecule has 3 aromatic rings. The topological polar surface area (TPSA) is 62.7 Å². The Labute approximate surface area is 191 Å². The highest BCUT2D eigenvalue weighted by Gasteiger charge is 2.03. The summed E-state index contributed by atoms with van der Waals surface area (Å²) in [5.41, 5.74) is 3.16. The molecule has 5 nitrogen and oxygen atoms in total. The van der Waals surface area contributed by atoms with E-state index in [9.17, 15) is 0 Å². The van der Waals surface area contributed by atoms with Crippen LogP contribution >= 0.6 is 11.6 Å². The molecule has 3 rings (SSSR count). The van der Waals surface area contributed by atoms with Crippen molar-refractivity contribution in [1.29, 1.82) is 0 Å². The highest BCUT2D eigenvalue weighted by molar-refractivity contribution is 6.31. The zero-order chi connectivity index (χ0) is 21.7. The van der Waals surface area contributed by atoms with Gasteiger partial charge in [-0.15, -0.1) is 0 Å². The summed E-state index contributed by atoms with van der Waals surface area (Å²) in [6.07, 6.45) is 14.5. The van der Waals surface area contributed by atoms with Gasteiger partial charge >= 0.3 is 0 Å². The molecule has 0 saturated carbocycles. The standard InChI is InChI=1S/C25H34ClN5/c1-2-3-4-5-8-16-29-25-30-17-13-21(31-25)10-7-6-9-15-27-23-14-18-28-24-19-20(26)11-12-22(23)24/h11-14,17-19H,2-10,15-16H2,1H3,(H,27,28)(H,29,30,31). The van der Waals surface area contributed by atoms with Crippen molar-refractivity contribution in [2.45, 2.75) is 64.7 Å². The maximum atomic E-state index is 6.07. The Balaban J connectivity index is 1.33. The molecule has 0 fully saturated rings. The SMILES string of the molecule is CCCCCCCNc1nccc(CCCCCNc2ccnc3cc(Cl)ccc23)n1. The van der Waals surface area contributed by atoms with E-state index in [1.807, 2.05) is 42.7 Å². The number of aromatic nitrogens is 3. The van der Waals surface area contributed by atoms with Crippen LogP contribution in [0.3, 0.4) is 0 Å². The molecule has 0 atom stereocenters. The van der Waals surface area contributed by atoms with Crippen LogP contribution in [0.5, 0.6) is 0 Å². The van der Waals surface area contributed by atoms with Crippen molar-refractivity contribution >= 4 is 34.1 Å². The van der Waals surface area contributed by atoms with Crippen molar-refractivity contribution < 1.29 is 0 Å². The molecule has 6 heteroatoms. The number of anilines is 2. The summed E-state index contributed by atoms with van der Waals surface area (Å²) in [4.78, 5) is 13.4. The van der Waals surface area contributed by atoms with Gasteiger partial charge in [-0.2, -0.15) is 0 Å². The molecule has 0 amide bonds. The van der Waals surface area contributed by atoms with Crippen LogP contribution in [0.4, 0.5) is 11.6 Å². The summed E-state index contributed by atoms with van der Waals surface area (Å²) in [5.74, 6) is 0.763. The maximum Gasteiger partial charge on any atom is 0.222 e. The zero-order valence-electron chi connectivity index (χ0n) is 18.5. The first kappa shape index (κ1) is 23.3. The third kappa shape index (κ3) is 7.98. The van der Waals surface area contributed by atoms with Crippen molar-refractivity contribution in [2.24, 2.45) is 0 Å². The first-order valence-electron chi connectivity index (χ1n) is 11.6. The van der Waals surface area contributed by atoms with Gasteiger partial charge in [-0.25, -0.2) is 9.97 Å². The van der Waals surface area contributed by atoms with Crippen molar-refractivity contribution in [3.05, 3.63) is 53.4 Å². The van der Waals surface area contributed by atoms with Gasteiger partial charge in [0.15, 0.2) is 0 Å². The summed E-state index contributed by atoms with van der Waals surface area (Å²) in [6.45, 7) is 4.14. The van der Waals surface area contributed by atoms with Crippen molar-refractivity contribution in [3.8, 4) is 0 Å². The Hall–Kier alpha value is -2.40. The largest absolute Gasteiger partial charge is 0.384 e. The number of halogens is 1. The van der Waals surface area contributed by atoms with Gasteiger partial charge < -0.3 is 10.6 Å². The Morgan fingerprint density at radius 1 is 0.806 bits per heavy atom. The van der Waals surface area contributed by atoms with Crippen molar-refractivity contribution in [2.75, 3.05) is 23.7 Å². The van der Waals surface area contributed by atoms with Crippen LogP contribution in [0.25, 0.3) is 10.9 Å². The average molecular weight is 440 g/mol. The van der Waals surface area contributed by atoms with Gasteiger partial charge in [0.1, 0.15) is 0 Å². The number of benzene rings is 1. The molecular weight excluding hydrogens is 406 g/mol. The summed E-state index contributed by atoms with van der Waals surface area (Å²) in [7, 11) is 0. The minimum absolute atomic E-state index is 0.715. The molecule has 0 bridgehead atoms. The fourth-order valence-electron chi connectivity index (χ4n) is 3.66. The summed E-state index contributed by atoms with van der Waals surface area (Å²) in [6, 6.07) is 9.89. The molecule has 2 aromatic heterocycles. The van der Waals surface area contributed by atoms with Crippen LogP contribution in [-0.4, -0.2) is 28.0 Å². The smallest absolute Gasteiger partial charge is 0.222 e. The number of hydrogen-bond donors (Lipinski definition) is 2. The molecule has 166 valence electrons. The summed E-state index contributed by atoms with van der Waals surface area (Å²) < 4.78 is 0. The Morgan fingerprint density at radius 3 is 2.45 bits per heavy atom. The van der Waals surface area contributed by atoms with Crippen molar-refractivity contribution in [1.82, 2.24) is 15.0 Å². The highest BCUT2D eigenvalue weighted by atomic mass is 35.5. The van der Waals surface area contributed by atoms with Gasteiger partial charge in [0.25, 0.3) is 0 Å². The number of pyridine rings is 1. The van der Waals surface area contributed by atoms with E-state index in [0.29, 0.717) is 5.02 Å². The molecule has 0 aliphatic carbocycles. The maximum absolute atomic E-state index is 6.07. The van der Waals surface area contributed by atoms with Gasteiger partial charge in [-0.1, -0.05) is 50.6 Å². The number of rotatable bonds is 14. The number of fused-ring (bicyclic) bond motifs is 1.